The first-order valence-electron chi connectivity index (χ1n) is 3.98. The smallest absolute Gasteiger partial charge is 0.256 e. The number of aliphatic imine (C=N–C) groups is 1. The molecule has 0 aromatic carbocycles. The van der Waals surface area contributed by atoms with Gasteiger partial charge in [-0.15, -0.1) is 0 Å². The Balaban J connectivity index is 2.24. The van der Waals surface area contributed by atoms with Crippen molar-refractivity contribution >= 4 is 12.2 Å². The highest BCUT2D eigenvalue weighted by Gasteiger charge is 2.13. The van der Waals surface area contributed by atoms with E-state index in [1.807, 2.05) is 0 Å². The lowest BCUT2D eigenvalue weighted by molar-refractivity contribution is 0.127. The summed E-state index contributed by atoms with van der Waals surface area (Å²) in [5.41, 5.74) is 0.961. The molecule has 0 bridgehead atoms. The Labute approximate surface area is 74.1 Å². The maximum absolute atomic E-state index is 12.1. The average molecular weight is 185 g/mol. The molecule has 1 aliphatic rings. The second-order valence-corrected chi connectivity index (χ2v) is 2.85. The number of rotatable bonds is 2. The van der Waals surface area contributed by atoms with Crippen molar-refractivity contribution in [3.8, 4) is 0 Å². The predicted octanol–water partition coefficient (Wildman–Crippen LogP) is 1.71. The van der Waals surface area contributed by atoms with Crippen molar-refractivity contribution in [2.24, 2.45) is 4.99 Å². The predicted molar refractivity (Wildman–Crippen MR) is 46.3 cm³/mol. The molecule has 0 unspecified atom stereocenters. The molecule has 1 aliphatic heterocycles. The minimum absolute atomic E-state index is 0.268. The Kier molecular flexibility index (Phi) is 2.00. The summed E-state index contributed by atoms with van der Waals surface area (Å²) in [5, 5.41) is 2.85. The van der Waals surface area contributed by atoms with Crippen LogP contribution in [-0.4, -0.2) is 17.3 Å². The lowest BCUT2D eigenvalue weighted by atomic mass is 10.3. The van der Waals surface area contributed by atoms with E-state index in [-0.39, 0.29) is 6.54 Å². The van der Waals surface area contributed by atoms with Crippen LogP contribution in [0.4, 0.5) is 14.6 Å². The normalized spacial score (nSPS) is 14.4. The molecule has 1 aromatic rings. The quantitative estimate of drug-likeness (QED) is 0.746. The molecule has 70 valence electrons. The zero-order chi connectivity index (χ0) is 9.26. The fourth-order valence-electron chi connectivity index (χ4n) is 1.37. The third-order valence-electron chi connectivity index (χ3n) is 1.94. The van der Waals surface area contributed by atoms with Crippen molar-refractivity contribution in [1.82, 2.24) is 4.57 Å². The highest BCUT2D eigenvalue weighted by atomic mass is 19.3. The Hall–Kier alpha value is -1.39. The monoisotopic (exact) mass is 185 g/mol. The number of anilines is 1. The second-order valence-electron chi connectivity index (χ2n) is 2.85. The number of alkyl halides is 2. The first-order chi connectivity index (χ1) is 6.27. The van der Waals surface area contributed by atoms with Crippen molar-refractivity contribution < 1.29 is 8.78 Å². The van der Waals surface area contributed by atoms with Crippen molar-refractivity contribution in [2.45, 2.75) is 19.5 Å². The zero-order valence-electron chi connectivity index (χ0n) is 6.87. The summed E-state index contributed by atoms with van der Waals surface area (Å²) in [4.78, 5) is 3.97. The molecule has 13 heavy (non-hydrogen) atoms. The molecule has 0 atom stereocenters. The van der Waals surface area contributed by atoms with Crippen LogP contribution >= 0.6 is 0 Å². The van der Waals surface area contributed by atoms with Gasteiger partial charge in [-0.2, -0.15) is 0 Å². The van der Waals surface area contributed by atoms with Gasteiger partial charge in [0.1, 0.15) is 5.82 Å². The third-order valence-corrected chi connectivity index (χ3v) is 1.94. The van der Waals surface area contributed by atoms with Crippen LogP contribution in [0.1, 0.15) is 5.56 Å². The summed E-state index contributed by atoms with van der Waals surface area (Å²) in [7, 11) is 0. The standard InChI is InChI=1S/C8H9F2N3/c9-7(10)4-13-2-1-6-3-11-5-12-8(6)13/h1-2,5,7H,3-4H2,(H,11,12). The zero-order valence-corrected chi connectivity index (χ0v) is 6.87. The van der Waals surface area contributed by atoms with Crippen molar-refractivity contribution in [2.75, 3.05) is 5.32 Å². The molecular formula is C8H9F2N3. The van der Waals surface area contributed by atoms with Crippen molar-refractivity contribution in [3.05, 3.63) is 17.8 Å². The van der Waals surface area contributed by atoms with E-state index in [2.05, 4.69) is 10.3 Å². The Morgan fingerprint density at radius 2 is 2.46 bits per heavy atom. The number of nitrogens with zero attached hydrogens (tertiary/aromatic N) is 2. The number of hydrogen-bond donors (Lipinski definition) is 1. The van der Waals surface area contributed by atoms with Gasteiger partial charge >= 0.3 is 0 Å². The second kappa shape index (κ2) is 3.16. The fraction of sp³-hybridized carbons (Fsp3) is 0.375. The number of halogens is 2. The minimum atomic E-state index is -2.32. The van der Waals surface area contributed by atoms with Crippen LogP contribution in [0.25, 0.3) is 0 Å². The van der Waals surface area contributed by atoms with E-state index < -0.39 is 6.43 Å². The van der Waals surface area contributed by atoms with E-state index in [1.165, 1.54) is 10.9 Å². The van der Waals surface area contributed by atoms with Gasteiger partial charge in [-0.3, -0.25) is 4.99 Å². The van der Waals surface area contributed by atoms with E-state index >= 15 is 0 Å². The molecule has 2 rings (SSSR count). The van der Waals surface area contributed by atoms with Crippen LogP contribution in [-0.2, 0) is 13.1 Å². The summed E-state index contributed by atoms with van der Waals surface area (Å²) >= 11 is 0. The highest BCUT2D eigenvalue weighted by molar-refractivity contribution is 5.77. The van der Waals surface area contributed by atoms with Crippen LogP contribution < -0.4 is 5.32 Å². The highest BCUT2D eigenvalue weighted by Crippen LogP contribution is 2.21. The van der Waals surface area contributed by atoms with E-state index in [9.17, 15) is 8.78 Å². The average Bonchev–Trinajstić information content (AvgIpc) is 2.48. The van der Waals surface area contributed by atoms with E-state index in [1.54, 1.807) is 12.3 Å². The molecule has 3 nitrogen and oxygen atoms in total. The summed E-state index contributed by atoms with van der Waals surface area (Å²) < 4.78 is 25.7. The Morgan fingerprint density at radius 3 is 3.23 bits per heavy atom. The number of hydrogen-bond acceptors (Lipinski definition) is 2. The molecule has 0 spiro atoms. The lowest BCUT2D eigenvalue weighted by Crippen LogP contribution is -2.12. The Morgan fingerprint density at radius 1 is 1.62 bits per heavy atom. The molecule has 0 aliphatic carbocycles. The summed E-state index contributed by atoms with van der Waals surface area (Å²) in [6.07, 6.45) is 0.861. The molecule has 0 radical (unpaired) electrons. The van der Waals surface area contributed by atoms with Crippen molar-refractivity contribution in [1.29, 1.82) is 0 Å². The van der Waals surface area contributed by atoms with Crippen LogP contribution in [0.3, 0.4) is 0 Å². The molecule has 1 N–H and O–H groups in total. The Bertz CT molecular complexity index is 330. The summed E-state index contributed by atoms with van der Waals surface area (Å²) in [6.45, 7) is 0.300. The maximum atomic E-state index is 12.1. The molecule has 5 heteroatoms. The van der Waals surface area contributed by atoms with Gasteiger partial charge in [0, 0.05) is 11.8 Å². The van der Waals surface area contributed by atoms with Crippen LogP contribution in [0.2, 0.25) is 0 Å². The minimum Gasteiger partial charge on any atom is -0.333 e. The molecular weight excluding hydrogens is 176 g/mol. The first-order valence-corrected chi connectivity index (χ1v) is 3.98. The molecule has 2 heterocycles. The SMILES string of the molecule is FC(F)Cn1ccc2c1NC=NC2. The number of fused-ring (bicyclic) bond motifs is 1. The van der Waals surface area contributed by atoms with Gasteiger partial charge in [0.25, 0.3) is 6.43 Å². The van der Waals surface area contributed by atoms with E-state index in [0.717, 1.165) is 11.4 Å². The van der Waals surface area contributed by atoms with Crippen LogP contribution in [0.15, 0.2) is 17.3 Å². The largest absolute Gasteiger partial charge is 0.333 e. The van der Waals surface area contributed by atoms with Gasteiger partial charge in [-0.05, 0) is 6.07 Å². The van der Waals surface area contributed by atoms with E-state index in [4.69, 9.17) is 0 Å². The van der Waals surface area contributed by atoms with Gasteiger partial charge in [-0.1, -0.05) is 0 Å². The summed E-state index contributed by atoms with van der Waals surface area (Å²) in [5.74, 6) is 0.732. The molecule has 1 aromatic heterocycles. The van der Waals surface area contributed by atoms with Crippen molar-refractivity contribution in [3.63, 3.8) is 0 Å². The third kappa shape index (κ3) is 1.54. The van der Waals surface area contributed by atoms with Crippen LogP contribution in [0, 0.1) is 0 Å². The summed E-state index contributed by atoms with van der Waals surface area (Å²) in [6, 6.07) is 1.81. The fourth-order valence-corrected chi connectivity index (χ4v) is 1.37. The van der Waals surface area contributed by atoms with Gasteiger partial charge in [0.05, 0.1) is 19.4 Å². The van der Waals surface area contributed by atoms with Gasteiger partial charge < -0.3 is 9.88 Å². The van der Waals surface area contributed by atoms with Gasteiger partial charge in [0.15, 0.2) is 0 Å². The topological polar surface area (TPSA) is 29.3 Å². The number of aromatic nitrogens is 1. The molecule has 0 amide bonds. The lowest BCUT2D eigenvalue weighted by Gasteiger charge is -2.12. The van der Waals surface area contributed by atoms with E-state index in [0.29, 0.717) is 6.54 Å². The molecule has 0 saturated heterocycles. The number of nitrogens with one attached hydrogen (secondary N) is 1. The maximum Gasteiger partial charge on any atom is 0.256 e. The molecule has 0 fully saturated rings. The first kappa shape index (κ1) is 8.22. The molecule has 0 saturated carbocycles. The van der Waals surface area contributed by atoms with Gasteiger partial charge in [-0.25, -0.2) is 8.78 Å². The van der Waals surface area contributed by atoms with Crippen LogP contribution in [0.5, 0.6) is 0 Å². The van der Waals surface area contributed by atoms with Gasteiger partial charge in [0.2, 0.25) is 0 Å².